The molecule has 0 fully saturated rings. The fourth-order valence-electron chi connectivity index (χ4n) is 2.31. The van der Waals surface area contributed by atoms with Crippen LogP contribution in [0.3, 0.4) is 0 Å². The molecule has 0 heterocycles. The molecule has 128 valence electrons. The lowest BCUT2D eigenvalue weighted by Gasteiger charge is -2.19. The Labute approximate surface area is 152 Å². The minimum absolute atomic E-state index is 0.234. The van der Waals surface area contributed by atoms with Gasteiger partial charge in [0.05, 0.1) is 5.02 Å². The van der Waals surface area contributed by atoms with E-state index in [1.807, 2.05) is 24.3 Å². The minimum Gasteiger partial charge on any atom is -0.479 e. The van der Waals surface area contributed by atoms with Crippen LogP contribution in [-0.4, -0.2) is 12.0 Å². The molecule has 2 aromatic carbocycles. The number of carbonyl (C=O) groups is 1. The van der Waals surface area contributed by atoms with Crippen molar-refractivity contribution in [3.63, 3.8) is 0 Å². The van der Waals surface area contributed by atoms with E-state index in [2.05, 4.69) is 19.2 Å². The van der Waals surface area contributed by atoms with Gasteiger partial charge in [-0.25, -0.2) is 0 Å². The van der Waals surface area contributed by atoms with Crippen molar-refractivity contribution in [2.45, 2.75) is 39.2 Å². The van der Waals surface area contributed by atoms with Gasteiger partial charge in [0.2, 0.25) is 0 Å². The maximum atomic E-state index is 12.5. The normalized spacial score (nSPS) is 13.2. The number of benzene rings is 2. The molecule has 5 heteroatoms. The molecule has 3 nitrogen and oxygen atoms in total. The Kier molecular flexibility index (Phi) is 6.52. The highest BCUT2D eigenvalue weighted by atomic mass is 35.5. The first kappa shape index (κ1) is 18.6. The van der Waals surface area contributed by atoms with Gasteiger partial charge in [0, 0.05) is 16.8 Å². The summed E-state index contributed by atoms with van der Waals surface area (Å²) in [6, 6.07) is 12.7. The standard InChI is InChI=1S/C19H21Cl2NO2/c1-4-12(2)15-7-5-6-8-17(15)22-19(23)13(3)24-18-11-14(20)9-10-16(18)21/h5-13H,4H2,1-3H3,(H,22,23)/t12-,13+/m0/s1. The summed E-state index contributed by atoms with van der Waals surface area (Å²) in [6.45, 7) is 5.94. The number of para-hydroxylation sites is 1. The van der Waals surface area contributed by atoms with Crippen LogP contribution in [0.2, 0.25) is 10.0 Å². The van der Waals surface area contributed by atoms with Gasteiger partial charge in [-0.15, -0.1) is 0 Å². The van der Waals surface area contributed by atoms with Gasteiger partial charge in [-0.05, 0) is 43.0 Å². The van der Waals surface area contributed by atoms with E-state index in [1.165, 1.54) is 0 Å². The summed E-state index contributed by atoms with van der Waals surface area (Å²) in [5, 5.41) is 3.86. The average molecular weight is 366 g/mol. The van der Waals surface area contributed by atoms with E-state index < -0.39 is 6.10 Å². The molecule has 0 saturated carbocycles. The van der Waals surface area contributed by atoms with Gasteiger partial charge in [0.15, 0.2) is 6.10 Å². The average Bonchev–Trinajstić information content (AvgIpc) is 2.57. The van der Waals surface area contributed by atoms with Crippen LogP contribution in [0.4, 0.5) is 5.69 Å². The quantitative estimate of drug-likeness (QED) is 0.690. The SMILES string of the molecule is CC[C@H](C)c1ccccc1NC(=O)[C@@H](C)Oc1cc(Cl)ccc1Cl. The second-order valence-corrected chi connectivity index (χ2v) is 6.56. The fraction of sp³-hybridized carbons (Fsp3) is 0.316. The van der Waals surface area contributed by atoms with Crippen LogP contribution in [0.5, 0.6) is 5.75 Å². The third-order valence-electron chi connectivity index (χ3n) is 3.93. The Morgan fingerprint density at radius 3 is 2.58 bits per heavy atom. The molecule has 0 aliphatic carbocycles. The first-order chi connectivity index (χ1) is 11.4. The summed E-state index contributed by atoms with van der Waals surface area (Å²) in [6.07, 6.45) is 0.294. The number of rotatable bonds is 6. The van der Waals surface area contributed by atoms with E-state index in [-0.39, 0.29) is 5.91 Å². The van der Waals surface area contributed by atoms with E-state index in [1.54, 1.807) is 25.1 Å². The number of nitrogens with one attached hydrogen (secondary N) is 1. The number of anilines is 1. The number of amides is 1. The van der Waals surface area contributed by atoms with Gasteiger partial charge in [0.25, 0.3) is 5.91 Å². The van der Waals surface area contributed by atoms with Crippen LogP contribution < -0.4 is 10.1 Å². The Morgan fingerprint density at radius 2 is 1.88 bits per heavy atom. The summed E-state index contributed by atoms with van der Waals surface area (Å²) in [5.41, 5.74) is 1.92. The van der Waals surface area contributed by atoms with Crippen LogP contribution in [0.1, 0.15) is 38.7 Å². The van der Waals surface area contributed by atoms with Crippen LogP contribution in [-0.2, 0) is 4.79 Å². The molecular formula is C19H21Cl2NO2. The Balaban J connectivity index is 2.11. The molecule has 0 aliphatic heterocycles. The fourth-order valence-corrected chi connectivity index (χ4v) is 2.63. The highest BCUT2D eigenvalue weighted by Crippen LogP contribution is 2.29. The molecule has 1 amide bonds. The number of carbonyl (C=O) groups excluding carboxylic acids is 1. The Bertz CT molecular complexity index is 718. The lowest BCUT2D eigenvalue weighted by Crippen LogP contribution is -2.30. The second-order valence-electron chi connectivity index (χ2n) is 5.72. The Morgan fingerprint density at radius 1 is 1.17 bits per heavy atom. The van der Waals surface area contributed by atoms with Crippen molar-refractivity contribution < 1.29 is 9.53 Å². The molecule has 1 N–H and O–H groups in total. The van der Waals surface area contributed by atoms with Gasteiger partial charge in [-0.2, -0.15) is 0 Å². The summed E-state index contributed by atoms with van der Waals surface area (Å²) < 4.78 is 5.66. The maximum absolute atomic E-state index is 12.5. The molecule has 0 spiro atoms. The van der Waals surface area contributed by atoms with Crippen LogP contribution >= 0.6 is 23.2 Å². The zero-order valence-corrected chi connectivity index (χ0v) is 15.5. The molecule has 0 unspecified atom stereocenters. The number of hydrogen-bond donors (Lipinski definition) is 1. The predicted octanol–water partition coefficient (Wildman–Crippen LogP) is 5.91. The van der Waals surface area contributed by atoms with E-state index in [0.29, 0.717) is 21.7 Å². The molecule has 2 atom stereocenters. The van der Waals surface area contributed by atoms with E-state index in [9.17, 15) is 4.79 Å². The van der Waals surface area contributed by atoms with Crippen molar-refractivity contribution in [1.82, 2.24) is 0 Å². The maximum Gasteiger partial charge on any atom is 0.265 e. The molecule has 2 rings (SSSR count). The largest absolute Gasteiger partial charge is 0.479 e. The summed E-state index contributed by atoms with van der Waals surface area (Å²) in [7, 11) is 0. The molecule has 0 aliphatic rings. The van der Waals surface area contributed by atoms with Gasteiger partial charge >= 0.3 is 0 Å². The Hall–Kier alpha value is -1.71. The molecule has 0 bridgehead atoms. The monoisotopic (exact) mass is 365 g/mol. The molecule has 0 saturated heterocycles. The van der Waals surface area contributed by atoms with Crippen molar-refractivity contribution >= 4 is 34.8 Å². The molecular weight excluding hydrogens is 345 g/mol. The first-order valence-corrected chi connectivity index (χ1v) is 8.69. The van der Waals surface area contributed by atoms with Crippen LogP contribution in [0.15, 0.2) is 42.5 Å². The zero-order valence-electron chi connectivity index (χ0n) is 14.0. The lowest BCUT2D eigenvalue weighted by atomic mass is 9.97. The first-order valence-electron chi connectivity index (χ1n) is 7.93. The van der Waals surface area contributed by atoms with Crippen molar-refractivity contribution in [3.05, 3.63) is 58.1 Å². The summed E-state index contributed by atoms with van der Waals surface area (Å²) >= 11 is 12.0. The van der Waals surface area contributed by atoms with Crippen molar-refractivity contribution in [2.75, 3.05) is 5.32 Å². The number of ether oxygens (including phenoxy) is 1. The summed E-state index contributed by atoms with van der Waals surface area (Å²) in [5.74, 6) is 0.518. The van der Waals surface area contributed by atoms with Gasteiger partial charge in [-0.1, -0.05) is 55.2 Å². The van der Waals surface area contributed by atoms with Crippen molar-refractivity contribution in [2.24, 2.45) is 0 Å². The molecule has 0 radical (unpaired) electrons. The number of halogens is 2. The van der Waals surface area contributed by atoms with Gasteiger partial charge in [-0.3, -0.25) is 4.79 Å². The third kappa shape index (κ3) is 4.65. The van der Waals surface area contributed by atoms with Crippen LogP contribution in [0, 0.1) is 0 Å². The van der Waals surface area contributed by atoms with Gasteiger partial charge < -0.3 is 10.1 Å². The smallest absolute Gasteiger partial charge is 0.265 e. The third-order valence-corrected chi connectivity index (χ3v) is 4.48. The van der Waals surface area contributed by atoms with Gasteiger partial charge in [0.1, 0.15) is 5.75 Å². The van der Waals surface area contributed by atoms with Crippen LogP contribution in [0.25, 0.3) is 0 Å². The van der Waals surface area contributed by atoms with E-state index >= 15 is 0 Å². The highest BCUT2D eigenvalue weighted by molar-refractivity contribution is 6.34. The van der Waals surface area contributed by atoms with E-state index in [0.717, 1.165) is 17.7 Å². The molecule has 2 aromatic rings. The predicted molar refractivity (Wildman–Crippen MR) is 100 cm³/mol. The van der Waals surface area contributed by atoms with E-state index in [4.69, 9.17) is 27.9 Å². The van der Waals surface area contributed by atoms with Crippen molar-refractivity contribution in [1.29, 1.82) is 0 Å². The molecule has 24 heavy (non-hydrogen) atoms. The lowest BCUT2D eigenvalue weighted by molar-refractivity contribution is -0.122. The highest BCUT2D eigenvalue weighted by Gasteiger charge is 2.18. The molecule has 0 aromatic heterocycles. The summed E-state index contributed by atoms with van der Waals surface area (Å²) in [4.78, 5) is 12.5. The minimum atomic E-state index is -0.703. The zero-order chi connectivity index (χ0) is 17.7. The second kappa shape index (κ2) is 8.41. The topological polar surface area (TPSA) is 38.3 Å². The van der Waals surface area contributed by atoms with Crippen molar-refractivity contribution in [3.8, 4) is 5.75 Å². The number of hydrogen-bond acceptors (Lipinski definition) is 2.